The number of carbonyl (C=O) groups excluding carboxylic acids is 1. The molecule has 6 heteroatoms. The van der Waals surface area contributed by atoms with Gasteiger partial charge >= 0.3 is 6.18 Å². The molecule has 0 unspecified atom stereocenters. The standard InChI is InChI=1S/C17H20F3NO2/c18-17(19,20)14-5-2-1-4-13(14)10-15(22)21-8-3-6-16(11-21)7-9-23-12-16/h1-2,4-5H,3,6-12H2/t16-/m1/s1. The normalized spacial score (nSPS) is 25.1. The Kier molecular flexibility index (Phi) is 4.36. The van der Waals surface area contributed by atoms with Crippen LogP contribution in [0.25, 0.3) is 0 Å². The molecule has 0 aromatic heterocycles. The fourth-order valence-corrected chi connectivity index (χ4v) is 3.62. The lowest BCUT2D eigenvalue weighted by molar-refractivity contribution is -0.139. The predicted octanol–water partition coefficient (Wildman–Crippen LogP) is 3.28. The molecular weight excluding hydrogens is 307 g/mol. The van der Waals surface area contributed by atoms with Gasteiger partial charge in [-0.25, -0.2) is 0 Å². The highest BCUT2D eigenvalue weighted by molar-refractivity contribution is 5.79. The number of benzene rings is 1. The number of likely N-dealkylation sites (tertiary alicyclic amines) is 1. The topological polar surface area (TPSA) is 29.5 Å². The Morgan fingerprint density at radius 2 is 2.04 bits per heavy atom. The summed E-state index contributed by atoms with van der Waals surface area (Å²) >= 11 is 0. The summed E-state index contributed by atoms with van der Waals surface area (Å²) in [6, 6.07) is 5.31. The van der Waals surface area contributed by atoms with E-state index in [4.69, 9.17) is 4.74 Å². The van der Waals surface area contributed by atoms with Crippen molar-refractivity contribution in [1.29, 1.82) is 0 Å². The lowest BCUT2D eigenvalue weighted by atomic mass is 9.79. The number of halogens is 3. The largest absolute Gasteiger partial charge is 0.416 e. The predicted molar refractivity (Wildman–Crippen MR) is 78.8 cm³/mol. The molecule has 23 heavy (non-hydrogen) atoms. The van der Waals surface area contributed by atoms with Gasteiger partial charge in [0.15, 0.2) is 0 Å². The van der Waals surface area contributed by atoms with Gasteiger partial charge in [-0.05, 0) is 30.9 Å². The van der Waals surface area contributed by atoms with E-state index in [0.717, 1.165) is 25.3 Å². The van der Waals surface area contributed by atoms with Crippen LogP contribution in [0, 0.1) is 5.41 Å². The van der Waals surface area contributed by atoms with Gasteiger partial charge in [-0.2, -0.15) is 13.2 Å². The molecule has 0 aliphatic carbocycles. The van der Waals surface area contributed by atoms with Crippen LogP contribution >= 0.6 is 0 Å². The van der Waals surface area contributed by atoms with Gasteiger partial charge in [-0.1, -0.05) is 18.2 Å². The monoisotopic (exact) mass is 327 g/mol. The number of rotatable bonds is 2. The third kappa shape index (κ3) is 3.52. The van der Waals surface area contributed by atoms with Gasteiger partial charge in [0.25, 0.3) is 0 Å². The van der Waals surface area contributed by atoms with Gasteiger partial charge in [0.2, 0.25) is 5.91 Å². The molecule has 2 aliphatic rings. The fraction of sp³-hybridized carbons (Fsp3) is 0.588. The summed E-state index contributed by atoms with van der Waals surface area (Å²) in [7, 11) is 0. The van der Waals surface area contributed by atoms with E-state index >= 15 is 0 Å². The second kappa shape index (κ2) is 6.15. The second-order valence-corrected chi connectivity index (χ2v) is 6.55. The quantitative estimate of drug-likeness (QED) is 0.834. The number of hydrogen-bond acceptors (Lipinski definition) is 2. The molecule has 2 heterocycles. The maximum absolute atomic E-state index is 13.0. The van der Waals surface area contributed by atoms with Crippen molar-refractivity contribution in [2.24, 2.45) is 5.41 Å². The van der Waals surface area contributed by atoms with Crippen molar-refractivity contribution >= 4 is 5.91 Å². The molecule has 2 saturated heterocycles. The summed E-state index contributed by atoms with van der Waals surface area (Å²) in [6.07, 6.45) is -1.80. The van der Waals surface area contributed by atoms with Crippen molar-refractivity contribution in [2.45, 2.75) is 31.9 Å². The van der Waals surface area contributed by atoms with Crippen molar-refractivity contribution in [3.8, 4) is 0 Å². The lowest BCUT2D eigenvalue weighted by Crippen LogP contribution is -2.47. The molecule has 1 spiro atoms. The molecule has 0 saturated carbocycles. The molecule has 1 atom stereocenters. The first-order valence-electron chi connectivity index (χ1n) is 7.90. The Labute approximate surface area is 133 Å². The zero-order valence-electron chi connectivity index (χ0n) is 12.9. The second-order valence-electron chi connectivity index (χ2n) is 6.55. The van der Waals surface area contributed by atoms with Gasteiger partial charge in [0.1, 0.15) is 0 Å². The molecule has 2 aliphatic heterocycles. The van der Waals surface area contributed by atoms with Crippen LogP contribution in [-0.4, -0.2) is 37.1 Å². The van der Waals surface area contributed by atoms with E-state index in [-0.39, 0.29) is 23.3 Å². The maximum atomic E-state index is 13.0. The summed E-state index contributed by atoms with van der Waals surface area (Å²) in [5, 5.41) is 0. The Morgan fingerprint density at radius 3 is 2.74 bits per heavy atom. The number of carbonyl (C=O) groups is 1. The van der Waals surface area contributed by atoms with Gasteiger partial charge in [-0.3, -0.25) is 4.79 Å². The lowest BCUT2D eigenvalue weighted by Gasteiger charge is -2.39. The molecule has 0 radical (unpaired) electrons. The van der Waals surface area contributed by atoms with Crippen molar-refractivity contribution < 1.29 is 22.7 Å². The van der Waals surface area contributed by atoms with Gasteiger partial charge in [0, 0.05) is 25.1 Å². The minimum absolute atomic E-state index is 0.0114. The van der Waals surface area contributed by atoms with Crippen LogP contribution in [0.3, 0.4) is 0 Å². The molecule has 3 rings (SSSR count). The Bertz CT molecular complexity index is 579. The van der Waals surface area contributed by atoms with E-state index in [1.165, 1.54) is 12.1 Å². The third-order valence-corrected chi connectivity index (χ3v) is 4.86. The first-order chi connectivity index (χ1) is 10.9. The average Bonchev–Trinajstić information content (AvgIpc) is 2.94. The Morgan fingerprint density at radius 1 is 1.26 bits per heavy atom. The van der Waals surface area contributed by atoms with Crippen LogP contribution in [0.15, 0.2) is 24.3 Å². The molecule has 1 aromatic carbocycles. The SMILES string of the molecule is O=C(Cc1ccccc1C(F)(F)F)N1CCC[C@@]2(CCOC2)C1. The van der Waals surface area contributed by atoms with Crippen LogP contribution in [0.4, 0.5) is 13.2 Å². The number of hydrogen-bond donors (Lipinski definition) is 0. The number of ether oxygens (including phenoxy) is 1. The van der Waals surface area contributed by atoms with E-state index in [9.17, 15) is 18.0 Å². The highest BCUT2D eigenvalue weighted by atomic mass is 19.4. The molecule has 126 valence electrons. The van der Waals surface area contributed by atoms with Gasteiger partial charge in [-0.15, -0.1) is 0 Å². The Hall–Kier alpha value is -1.56. The molecule has 1 aromatic rings. The molecule has 2 fully saturated rings. The van der Waals surface area contributed by atoms with E-state index in [1.807, 2.05) is 0 Å². The van der Waals surface area contributed by atoms with Crippen LogP contribution in [-0.2, 0) is 22.1 Å². The highest BCUT2D eigenvalue weighted by Gasteiger charge is 2.40. The molecule has 3 nitrogen and oxygen atoms in total. The minimum atomic E-state index is -4.43. The zero-order chi connectivity index (χ0) is 16.5. The minimum Gasteiger partial charge on any atom is -0.381 e. The average molecular weight is 327 g/mol. The first-order valence-corrected chi connectivity index (χ1v) is 7.90. The molecule has 0 bridgehead atoms. The van der Waals surface area contributed by atoms with Crippen LogP contribution in [0.5, 0.6) is 0 Å². The third-order valence-electron chi connectivity index (χ3n) is 4.86. The summed E-state index contributed by atoms with van der Waals surface area (Å²) in [5.74, 6) is -0.229. The summed E-state index contributed by atoms with van der Waals surface area (Å²) in [5.41, 5.74) is -0.658. The fourth-order valence-electron chi connectivity index (χ4n) is 3.62. The van der Waals surface area contributed by atoms with E-state index in [2.05, 4.69) is 0 Å². The Balaban J connectivity index is 1.72. The highest BCUT2D eigenvalue weighted by Crippen LogP contribution is 2.38. The smallest absolute Gasteiger partial charge is 0.381 e. The van der Waals surface area contributed by atoms with E-state index in [1.54, 1.807) is 11.0 Å². The number of alkyl halides is 3. The van der Waals surface area contributed by atoms with Crippen molar-refractivity contribution in [2.75, 3.05) is 26.3 Å². The van der Waals surface area contributed by atoms with Crippen LogP contribution in [0.2, 0.25) is 0 Å². The van der Waals surface area contributed by atoms with Crippen molar-refractivity contribution in [3.63, 3.8) is 0 Å². The van der Waals surface area contributed by atoms with E-state index in [0.29, 0.717) is 26.3 Å². The van der Waals surface area contributed by atoms with E-state index < -0.39 is 11.7 Å². The van der Waals surface area contributed by atoms with Gasteiger partial charge < -0.3 is 9.64 Å². The maximum Gasteiger partial charge on any atom is 0.416 e. The molecule has 0 N–H and O–H groups in total. The van der Waals surface area contributed by atoms with Gasteiger partial charge in [0.05, 0.1) is 18.6 Å². The number of nitrogens with zero attached hydrogens (tertiary/aromatic N) is 1. The number of piperidine rings is 1. The van der Waals surface area contributed by atoms with Crippen LogP contribution < -0.4 is 0 Å². The number of amides is 1. The van der Waals surface area contributed by atoms with Crippen LogP contribution in [0.1, 0.15) is 30.4 Å². The van der Waals surface area contributed by atoms with Crippen molar-refractivity contribution in [1.82, 2.24) is 4.90 Å². The summed E-state index contributed by atoms with van der Waals surface area (Å²) in [6.45, 7) is 2.57. The van der Waals surface area contributed by atoms with Crippen molar-refractivity contribution in [3.05, 3.63) is 35.4 Å². The zero-order valence-corrected chi connectivity index (χ0v) is 12.9. The molecule has 1 amide bonds. The summed E-state index contributed by atoms with van der Waals surface area (Å²) in [4.78, 5) is 14.2. The summed E-state index contributed by atoms with van der Waals surface area (Å²) < 4.78 is 44.6. The first kappa shape index (κ1) is 16.3. The molecular formula is C17H20F3NO2.